The average molecular weight is 527 g/mol. The fourth-order valence-electron chi connectivity index (χ4n) is 3.63. The van der Waals surface area contributed by atoms with Crippen molar-refractivity contribution in [2.24, 2.45) is 0 Å². The van der Waals surface area contributed by atoms with Gasteiger partial charge in [-0.05, 0) is 63.8 Å². The molecule has 0 spiro atoms. The second-order valence-corrected chi connectivity index (χ2v) is 8.87. The molecule has 3 aromatic carbocycles. The van der Waals surface area contributed by atoms with E-state index in [9.17, 15) is 9.59 Å². The van der Waals surface area contributed by atoms with Crippen LogP contribution in [0.3, 0.4) is 0 Å². The van der Waals surface area contributed by atoms with Crippen LogP contribution in [-0.4, -0.2) is 43.0 Å². The van der Waals surface area contributed by atoms with Gasteiger partial charge in [-0.2, -0.15) is 0 Å². The third-order valence-corrected chi connectivity index (χ3v) is 6.48. The second kappa shape index (κ2) is 12.4. The highest BCUT2D eigenvalue weighted by molar-refractivity contribution is 9.10. The number of unbranched alkanes of at least 4 members (excludes halogenated alkanes) is 1. The molecule has 6 nitrogen and oxygen atoms in total. The third-order valence-electron chi connectivity index (χ3n) is 5.66. The molecule has 0 bridgehead atoms. The predicted molar refractivity (Wildman–Crippen MR) is 138 cm³/mol. The molecule has 0 aromatic heterocycles. The summed E-state index contributed by atoms with van der Waals surface area (Å²) in [6.45, 7) is 4.47. The quantitative estimate of drug-likeness (QED) is 0.343. The van der Waals surface area contributed by atoms with Gasteiger partial charge in [0.15, 0.2) is 6.61 Å². The lowest BCUT2D eigenvalue weighted by molar-refractivity contribution is -0.142. The first-order valence-electron chi connectivity index (χ1n) is 11.4. The minimum absolute atomic E-state index is 0.184. The van der Waals surface area contributed by atoms with Gasteiger partial charge in [0.1, 0.15) is 17.5 Å². The Morgan fingerprint density at radius 1 is 1.09 bits per heavy atom. The molecule has 3 aromatic rings. The van der Waals surface area contributed by atoms with Crippen molar-refractivity contribution in [2.45, 2.75) is 39.3 Å². The number of carbonyl (C=O) groups excluding carboxylic acids is 2. The van der Waals surface area contributed by atoms with Crippen LogP contribution in [0, 0.1) is 0 Å². The Labute approximate surface area is 209 Å². The molecule has 1 unspecified atom stereocenters. The molecule has 0 saturated carbocycles. The van der Waals surface area contributed by atoms with Crippen molar-refractivity contribution in [1.82, 2.24) is 10.2 Å². The maximum atomic E-state index is 13.3. The maximum Gasteiger partial charge on any atom is 0.261 e. The van der Waals surface area contributed by atoms with Gasteiger partial charge in [0.25, 0.3) is 5.91 Å². The molecule has 0 fully saturated rings. The highest BCUT2D eigenvalue weighted by Gasteiger charge is 2.26. The summed E-state index contributed by atoms with van der Waals surface area (Å²) in [6.07, 6.45) is 1.87. The first-order chi connectivity index (χ1) is 16.4. The van der Waals surface area contributed by atoms with Crippen LogP contribution >= 0.6 is 15.9 Å². The van der Waals surface area contributed by atoms with Crippen molar-refractivity contribution < 1.29 is 19.1 Å². The molecule has 3 rings (SSSR count). The van der Waals surface area contributed by atoms with Gasteiger partial charge < -0.3 is 19.7 Å². The zero-order chi connectivity index (χ0) is 24.5. The van der Waals surface area contributed by atoms with E-state index in [0.717, 1.165) is 33.7 Å². The summed E-state index contributed by atoms with van der Waals surface area (Å²) in [5.74, 6) is 0.812. The van der Waals surface area contributed by atoms with Crippen molar-refractivity contribution >= 4 is 38.5 Å². The number of halogens is 1. The molecule has 0 heterocycles. The summed E-state index contributed by atoms with van der Waals surface area (Å²) in [4.78, 5) is 27.6. The van der Waals surface area contributed by atoms with Crippen LogP contribution in [0.5, 0.6) is 11.5 Å². The van der Waals surface area contributed by atoms with Crippen LogP contribution in [0.1, 0.15) is 32.3 Å². The topological polar surface area (TPSA) is 67.9 Å². The van der Waals surface area contributed by atoms with Crippen LogP contribution in [-0.2, 0) is 16.1 Å². The Morgan fingerprint density at radius 2 is 1.88 bits per heavy atom. The predicted octanol–water partition coefficient (Wildman–Crippen LogP) is 5.32. The molecule has 180 valence electrons. The molecule has 1 atom stereocenters. The fourth-order valence-corrected chi connectivity index (χ4v) is 4.24. The van der Waals surface area contributed by atoms with Crippen LogP contribution in [0.15, 0.2) is 65.1 Å². The molecule has 1 N–H and O–H groups in total. The molecule has 34 heavy (non-hydrogen) atoms. The largest absolute Gasteiger partial charge is 0.497 e. The van der Waals surface area contributed by atoms with Crippen molar-refractivity contribution in [2.75, 3.05) is 20.3 Å². The number of ether oxygens (including phenoxy) is 2. The van der Waals surface area contributed by atoms with Crippen LogP contribution in [0.4, 0.5) is 0 Å². The van der Waals surface area contributed by atoms with Crippen LogP contribution < -0.4 is 14.8 Å². The fraction of sp³-hybridized carbons (Fsp3) is 0.333. The number of fused-ring (bicyclic) bond motifs is 1. The first kappa shape index (κ1) is 25.6. The number of benzene rings is 3. The number of amides is 2. The number of hydrogen-bond donors (Lipinski definition) is 1. The Hall–Kier alpha value is -3.06. The lowest BCUT2D eigenvalue weighted by atomic mass is 10.1. The van der Waals surface area contributed by atoms with Gasteiger partial charge in [-0.25, -0.2) is 0 Å². The number of carbonyl (C=O) groups is 2. The monoisotopic (exact) mass is 526 g/mol. The maximum absolute atomic E-state index is 13.3. The normalized spacial score (nSPS) is 11.6. The lowest BCUT2D eigenvalue weighted by Crippen LogP contribution is -2.49. The van der Waals surface area contributed by atoms with E-state index in [1.165, 1.54) is 0 Å². The summed E-state index contributed by atoms with van der Waals surface area (Å²) in [5.41, 5.74) is 0.868. The number of nitrogens with zero attached hydrogens (tertiary/aromatic N) is 1. The lowest BCUT2D eigenvalue weighted by Gasteiger charge is -2.29. The number of nitrogens with one attached hydrogen (secondary N) is 1. The smallest absolute Gasteiger partial charge is 0.261 e. The van der Waals surface area contributed by atoms with Gasteiger partial charge in [0.2, 0.25) is 5.91 Å². The molecule has 0 aliphatic rings. The van der Waals surface area contributed by atoms with E-state index in [0.29, 0.717) is 18.0 Å². The zero-order valence-electron chi connectivity index (χ0n) is 19.8. The molecule has 7 heteroatoms. The van der Waals surface area contributed by atoms with Gasteiger partial charge in [-0.3, -0.25) is 9.59 Å². The van der Waals surface area contributed by atoms with Crippen LogP contribution in [0.2, 0.25) is 0 Å². The Morgan fingerprint density at radius 3 is 2.65 bits per heavy atom. The highest BCUT2D eigenvalue weighted by Crippen LogP contribution is 2.33. The average Bonchev–Trinajstić information content (AvgIpc) is 2.86. The van der Waals surface area contributed by atoms with E-state index in [-0.39, 0.29) is 25.0 Å². The minimum atomic E-state index is -0.654. The molecule has 0 aliphatic carbocycles. The van der Waals surface area contributed by atoms with E-state index >= 15 is 0 Å². The summed E-state index contributed by atoms with van der Waals surface area (Å²) in [6, 6.07) is 18.6. The molecule has 0 radical (unpaired) electrons. The number of methoxy groups -OCH3 is 1. The van der Waals surface area contributed by atoms with E-state index in [1.807, 2.05) is 60.7 Å². The van der Waals surface area contributed by atoms with Gasteiger partial charge in [-0.15, -0.1) is 0 Å². The van der Waals surface area contributed by atoms with E-state index in [4.69, 9.17) is 9.47 Å². The standard InChI is InChI=1S/C27H31BrN2O4/c1-4-5-15-29-27(32)19(2)30(17-20-9-8-11-22(16-20)33-3)25(31)18-34-24-14-13-21-10-6-7-12-23(21)26(24)28/h6-14,16,19H,4-5,15,17-18H2,1-3H3,(H,29,32). The van der Waals surface area contributed by atoms with Crippen molar-refractivity contribution in [1.29, 1.82) is 0 Å². The summed E-state index contributed by atoms with van der Waals surface area (Å²) >= 11 is 3.60. The Kier molecular flexibility index (Phi) is 9.33. The molecule has 0 aliphatic heterocycles. The van der Waals surface area contributed by atoms with Gasteiger partial charge in [0.05, 0.1) is 11.6 Å². The van der Waals surface area contributed by atoms with Crippen LogP contribution in [0.25, 0.3) is 10.8 Å². The summed E-state index contributed by atoms with van der Waals surface area (Å²) in [5, 5.41) is 5.00. The van der Waals surface area contributed by atoms with Crippen molar-refractivity contribution in [3.8, 4) is 11.5 Å². The SMILES string of the molecule is CCCCNC(=O)C(C)N(Cc1cccc(OC)c1)C(=O)COc1ccc2ccccc2c1Br. The van der Waals surface area contributed by atoms with Crippen molar-refractivity contribution in [3.05, 3.63) is 70.7 Å². The zero-order valence-corrected chi connectivity index (χ0v) is 21.4. The molecular formula is C27H31BrN2O4. The third kappa shape index (κ3) is 6.50. The minimum Gasteiger partial charge on any atom is -0.497 e. The summed E-state index contributed by atoms with van der Waals surface area (Å²) in [7, 11) is 1.60. The van der Waals surface area contributed by atoms with Gasteiger partial charge in [0, 0.05) is 13.1 Å². The van der Waals surface area contributed by atoms with Gasteiger partial charge in [-0.1, -0.05) is 55.8 Å². The molecule has 0 saturated heterocycles. The molecular weight excluding hydrogens is 496 g/mol. The summed E-state index contributed by atoms with van der Waals surface area (Å²) < 4.78 is 12.0. The molecule has 2 amide bonds. The van der Waals surface area contributed by atoms with Crippen molar-refractivity contribution in [3.63, 3.8) is 0 Å². The van der Waals surface area contributed by atoms with E-state index in [2.05, 4.69) is 28.2 Å². The number of rotatable bonds is 11. The van der Waals surface area contributed by atoms with Gasteiger partial charge >= 0.3 is 0 Å². The Balaban J connectivity index is 1.77. The first-order valence-corrected chi connectivity index (χ1v) is 12.2. The number of hydrogen-bond acceptors (Lipinski definition) is 4. The Bertz CT molecular complexity index is 1130. The second-order valence-electron chi connectivity index (χ2n) is 8.08. The van der Waals surface area contributed by atoms with E-state index < -0.39 is 6.04 Å². The van der Waals surface area contributed by atoms with E-state index in [1.54, 1.807) is 18.9 Å². The highest BCUT2D eigenvalue weighted by atomic mass is 79.9.